The van der Waals surface area contributed by atoms with Gasteiger partial charge in [-0.2, -0.15) is 0 Å². The molecular formula is C11H18N2O3S2. The quantitative estimate of drug-likeness (QED) is 0.745. The van der Waals surface area contributed by atoms with Gasteiger partial charge >= 0.3 is 0 Å². The molecule has 1 aromatic rings. The van der Waals surface area contributed by atoms with Crippen molar-refractivity contribution in [2.45, 2.75) is 17.9 Å². The molecule has 0 fully saturated rings. The van der Waals surface area contributed by atoms with Gasteiger partial charge in [-0.25, -0.2) is 13.1 Å². The van der Waals surface area contributed by atoms with E-state index in [1.807, 2.05) is 0 Å². The zero-order valence-electron chi connectivity index (χ0n) is 10.4. The number of benzene rings is 1. The zero-order chi connectivity index (χ0) is 13.8. The number of hydrogen-bond acceptors (Lipinski definition) is 4. The van der Waals surface area contributed by atoms with Gasteiger partial charge in [0.2, 0.25) is 10.0 Å². The molecule has 1 aromatic carbocycles. The highest BCUT2D eigenvalue weighted by atomic mass is 32.2. The van der Waals surface area contributed by atoms with E-state index in [0.29, 0.717) is 11.3 Å². The van der Waals surface area contributed by atoms with Crippen LogP contribution in [0.4, 0.5) is 5.69 Å². The molecule has 2 unspecified atom stereocenters. The third-order valence-corrected chi connectivity index (χ3v) is 5.16. The topological polar surface area (TPSA) is 89.3 Å². The Labute approximate surface area is 110 Å². The van der Waals surface area contributed by atoms with E-state index in [1.165, 1.54) is 0 Å². The van der Waals surface area contributed by atoms with E-state index >= 15 is 0 Å². The average Bonchev–Trinajstić information content (AvgIpc) is 2.29. The van der Waals surface area contributed by atoms with E-state index < -0.39 is 20.8 Å². The van der Waals surface area contributed by atoms with Crippen LogP contribution in [-0.2, 0) is 26.6 Å². The van der Waals surface area contributed by atoms with Crippen LogP contribution < -0.4 is 10.5 Å². The molecule has 7 heteroatoms. The maximum absolute atomic E-state index is 11.8. The minimum Gasteiger partial charge on any atom is -0.398 e. The highest BCUT2D eigenvalue weighted by Gasteiger charge is 2.15. The van der Waals surface area contributed by atoms with Gasteiger partial charge < -0.3 is 5.73 Å². The molecule has 102 valence electrons. The lowest BCUT2D eigenvalue weighted by molar-refractivity contribution is 0.580. The van der Waals surface area contributed by atoms with E-state index in [1.54, 1.807) is 37.4 Å². The van der Waals surface area contributed by atoms with Crippen molar-refractivity contribution < 1.29 is 12.6 Å². The fourth-order valence-corrected chi connectivity index (χ4v) is 2.98. The monoisotopic (exact) mass is 290 g/mol. The number of anilines is 1. The van der Waals surface area contributed by atoms with Gasteiger partial charge in [0.1, 0.15) is 0 Å². The van der Waals surface area contributed by atoms with Gasteiger partial charge in [0.15, 0.2) is 0 Å². The van der Waals surface area contributed by atoms with E-state index in [4.69, 9.17) is 5.73 Å². The summed E-state index contributed by atoms with van der Waals surface area (Å²) in [5.41, 5.74) is 6.71. The summed E-state index contributed by atoms with van der Waals surface area (Å²) in [6.07, 6.45) is 1.55. The van der Waals surface area contributed by atoms with Crippen molar-refractivity contribution in [3.63, 3.8) is 0 Å². The lowest BCUT2D eigenvalue weighted by Crippen LogP contribution is -2.33. The van der Waals surface area contributed by atoms with Crippen LogP contribution in [0.3, 0.4) is 0 Å². The first-order valence-electron chi connectivity index (χ1n) is 5.45. The van der Waals surface area contributed by atoms with Gasteiger partial charge in [0.25, 0.3) is 0 Å². The van der Waals surface area contributed by atoms with Gasteiger partial charge in [-0.1, -0.05) is 18.2 Å². The van der Waals surface area contributed by atoms with E-state index in [2.05, 4.69) is 4.72 Å². The van der Waals surface area contributed by atoms with Gasteiger partial charge in [-0.15, -0.1) is 0 Å². The average molecular weight is 290 g/mol. The molecule has 0 aromatic heterocycles. The second kappa shape index (κ2) is 6.31. The number of hydrogen-bond donors (Lipinski definition) is 2. The number of nitrogen functional groups attached to an aromatic ring is 1. The summed E-state index contributed by atoms with van der Waals surface area (Å²) in [6.45, 7) is 1.90. The molecule has 0 amide bonds. The molecule has 0 saturated heterocycles. The van der Waals surface area contributed by atoms with Crippen LogP contribution in [0, 0.1) is 0 Å². The van der Waals surface area contributed by atoms with Gasteiger partial charge in [-0.05, 0) is 18.6 Å². The first-order chi connectivity index (χ1) is 8.32. The van der Waals surface area contributed by atoms with Crippen LogP contribution in [0.25, 0.3) is 0 Å². The highest BCUT2D eigenvalue weighted by molar-refractivity contribution is 7.88. The second-order valence-electron chi connectivity index (χ2n) is 4.12. The molecule has 0 bridgehead atoms. The van der Waals surface area contributed by atoms with Crippen LogP contribution in [0.2, 0.25) is 0 Å². The molecule has 0 heterocycles. The summed E-state index contributed by atoms with van der Waals surface area (Å²) in [6, 6.07) is 6.83. The lowest BCUT2D eigenvalue weighted by Gasteiger charge is -2.11. The van der Waals surface area contributed by atoms with Crippen LogP contribution in [0.15, 0.2) is 24.3 Å². The summed E-state index contributed by atoms with van der Waals surface area (Å²) >= 11 is 0. The summed E-state index contributed by atoms with van der Waals surface area (Å²) in [5.74, 6) is -0.164. The lowest BCUT2D eigenvalue weighted by atomic mass is 10.2. The molecule has 1 rings (SSSR count). The summed E-state index contributed by atoms with van der Waals surface area (Å²) in [7, 11) is -4.50. The number of nitrogens with two attached hydrogens (primary N) is 1. The molecule has 0 aliphatic carbocycles. The largest absolute Gasteiger partial charge is 0.398 e. The molecule has 2 atom stereocenters. The smallest absolute Gasteiger partial charge is 0.215 e. The Bertz CT molecular complexity index is 529. The fraction of sp³-hybridized carbons (Fsp3) is 0.455. The van der Waals surface area contributed by atoms with Crippen LogP contribution >= 0.6 is 0 Å². The number of para-hydroxylation sites is 1. The molecule has 0 aliphatic heterocycles. The standard InChI is InChI=1S/C11H18N2O3S2/c1-9(17(2)14)7-13-18(15,16)8-10-5-3-4-6-11(10)12/h3-6,9,13H,7-8,12H2,1-2H3. The highest BCUT2D eigenvalue weighted by Crippen LogP contribution is 2.13. The minimum absolute atomic E-state index is 0.164. The van der Waals surface area contributed by atoms with E-state index in [-0.39, 0.29) is 17.5 Å². The molecule has 0 spiro atoms. The predicted octanol–water partition coefficient (Wildman–Crippen LogP) is 0.455. The van der Waals surface area contributed by atoms with Crippen LogP contribution in [0.1, 0.15) is 12.5 Å². The molecule has 0 radical (unpaired) electrons. The van der Waals surface area contributed by atoms with Crippen LogP contribution in [0.5, 0.6) is 0 Å². The van der Waals surface area contributed by atoms with Crippen molar-refractivity contribution >= 4 is 26.5 Å². The third-order valence-electron chi connectivity index (χ3n) is 2.56. The van der Waals surface area contributed by atoms with E-state index in [9.17, 15) is 12.6 Å². The molecule has 5 nitrogen and oxygen atoms in total. The zero-order valence-corrected chi connectivity index (χ0v) is 12.1. The van der Waals surface area contributed by atoms with Gasteiger partial charge in [0, 0.05) is 34.5 Å². The number of nitrogens with one attached hydrogen (secondary N) is 1. The second-order valence-corrected chi connectivity index (χ2v) is 7.72. The van der Waals surface area contributed by atoms with Crippen molar-refractivity contribution in [1.29, 1.82) is 0 Å². The van der Waals surface area contributed by atoms with Crippen LogP contribution in [-0.4, -0.2) is 30.7 Å². The van der Waals surface area contributed by atoms with Crippen molar-refractivity contribution in [3.8, 4) is 0 Å². The van der Waals surface area contributed by atoms with Crippen molar-refractivity contribution in [1.82, 2.24) is 4.72 Å². The fourth-order valence-electron chi connectivity index (χ4n) is 1.28. The molecule has 18 heavy (non-hydrogen) atoms. The molecule has 0 aliphatic rings. The van der Waals surface area contributed by atoms with Gasteiger partial charge in [-0.3, -0.25) is 4.21 Å². The first kappa shape index (κ1) is 15.1. The summed E-state index contributed by atoms with van der Waals surface area (Å²) in [4.78, 5) is 0. The molecule has 3 N–H and O–H groups in total. The Hall–Kier alpha value is -0.920. The Morgan fingerprint density at radius 1 is 1.39 bits per heavy atom. The first-order valence-corrected chi connectivity index (χ1v) is 8.72. The Morgan fingerprint density at radius 2 is 2.00 bits per heavy atom. The predicted molar refractivity (Wildman–Crippen MR) is 75.0 cm³/mol. The SMILES string of the molecule is CC(CNS(=O)(=O)Cc1ccccc1N)S(C)=O. The minimum atomic E-state index is -3.45. The van der Waals surface area contributed by atoms with E-state index in [0.717, 1.165) is 0 Å². The maximum atomic E-state index is 11.8. The maximum Gasteiger partial charge on any atom is 0.215 e. The Kier molecular flexibility index (Phi) is 5.30. The summed E-state index contributed by atoms with van der Waals surface area (Å²) in [5, 5.41) is -0.215. The summed E-state index contributed by atoms with van der Waals surface area (Å²) < 4.78 is 37.2. The number of sulfonamides is 1. The Morgan fingerprint density at radius 3 is 2.56 bits per heavy atom. The normalized spacial score (nSPS) is 15.2. The number of rotatable bonds is 6. The van der Waals surface area contributed by atoms with Crippen molar-refractivity contribution in [2.24, 2.45) is 0 Å². The third kappa shape index (κ3) is 4.75. The Balaban J connectivity index is 2.66. The van der Waals surface area contributed by atoms with Crippen molar-refractivity contribution in [2.75, 3.05) is 18.5 Å². The van der Waals surface area contributed by atoms with Crippen molar-refractivity contribution in [3.05, 3.63) is 29.8 Å². The van der Waals surface area contributed by atoms with Gasteiger partial charge in [0.05, 0.1) is 5.75 Å². The molecular weight excluding hydrogens is 272 g/mol. The molecule has 0 saturated carbocycles.